The summed E-state index contributed by atoms with van der Waals surface area (Å²) < 4.78 is 5.59. The highest BCUT2D eigenvalue weighted by Gasteiger charge is 2.28. The molecule has 4 heteroatoms. The Bertz CT molecular complexity index is 198. The van der Waals surface area contributed by atoms with Crippen LogP contribution in [0.5, 0.6) is 0 Å². The molecule has 0 saturated carbocycles. The van der Waals surface area contributed by atoms with Gasteiger partial charge in [0.1, 0.15) is 0 Å². The van der Waals surface area contributed by atoms with Crippen molar-refractivity contribution in [3.63, 3.8) is 0 Å². The Labute approximate surface area is 110 Å². The fraction of sp³-hybridized carbons (Fsp3) is 1.00. The van der Waals surface area contributed by atoms with Gasteiger partial charge in [-0.15, -0.1) is 0 Å². The van der Waals surface area contributed by atoms with Crippen molar-refractivity contribution in [1.29, 1.82) is 0 Å². The zero-order valence-corrected chi connectivity index (χ0v) is 12.3. The molecule has 17 heavy (non-hydrogen) atoms. The first-order valence-electron chi connectivity index (χ1n) is 6.69. The highest BCUT2D eigenvalue weighted by Crippen LogP contribution is 2.22. The van der Waals surface area contributed by atoms with Crippen molar-refractivity contribution in [2.24, 2.45) is 11.7 Å². The van der Waals surface area contributed by atoms with Crippen LogP contribution in [0.15, 0.2) is 0 Å². The van der Waals surface area contributed by atoms with E-state index in [0.717, 1.165) is 19.8 Å². The van der Waals surface area contributed by atoms with Crippen LogP contribution >= 0.6 is 11.8 Å². The van der Waals surface area contributed by atoms with Crippen molar-refractivity contribution >= 4 is 11.8 Å². The third kappa shape index (κ3) is 4.78. The van der Waals surface area contributed by atoms with Gasteiger partial charge in [0.15, 0.2) is 0 Å². The summed E-state index contributed by atoms with van der Waals surface area (Å²) in [5.74, 6) is 1.85. The number of nitrogens with two attached hydrogens (primary N) is 1. The normalized spacial score (nSPS) is 24.9. The lowest BCUT2D eigenvalue weighted by molar-refractivity contribution is 0.00887. The summed E-state index contributed by atoms with van der Waals surface area (Å²) >= 11 is 1.92. The van der Waals surface area contributed by atoms with Crippen LogP contribution in [0.25, 0.3) is 0 Å². The molecule has 0 bridgehead atoms. The molecular weight excluding hydrogens is 232 g/mol. The molecule has 0 aromatic heterocycles. The van der Waals surface area contributed by atoms with E-state index in [1.54, 1.807) is 0 Å². The monoisotopic (exact) mass is 260 g/mol. The fourth-order valence-electron chi connectivity index (χ4n) is 2.58. The highest BCUT2D eigenvalue weighted by molar-refractivity contribution is 7.98. The third-order valence-electron chi connectivity index (χ3n) is 3.94. The van der Waals surface area contributed by atoms with Crippen molar-refractivity contribution in [1.82, 2.24) is 4.90 Å². The van der Waals surface area contributed by atoms with Crippen molar-refractivity contribution in [2.75, 3.05) is 38.8 Å². The van der Waals surface area contributed by atoms with E-state index in [1.807, 2.05) is 11.8 Å². The minimum Gasteiger partial charge on any atom is -0.381 e. The van der Waals surface area contributed by atoms with Crippen molar-refractivity contribution in [3.05, 3.63) is 0 Å². The van der Waals surface area contributed by atoms with E-state index >= 15 is 0 Å². The molecule has 3 unspecified atom stereocenters. The van der Waals surface area contributed by atoms with Crippen LogP contribution in [-0.2, 0) is 4.74 Å². The van der Waals surface area contributed by atoms with Crippen LogP contribution in [-0.4, -0.2) is 55.8 Å². The van der Waals surface area contributed by atoms with Gasteiger partial charge in [-0.1, -0.05) is 0 Å². The summed E-state index contributed by atoms with van der Waals surface area (Å²) in [6, 6.07) is 1.09. The van der Waals surface area contributed by atoms with Gasteiger partial charge in [0, 0.05) is 25.2 Å². The molecule has 0 aromatic rings. The first kappa shape index (κ1) is 15.3. The average molecular weight is 260 g/mol. The van der Waals surface area contributed by atoms with Crippen LogP contribution in [0.2, 0.25) is 0 Å². The number of hydrogen-bond donors (Lipinski definition) is 1. The maximum Gasteiger partial charge on any atom is 0.0509 e. The lowest BCUT2D eigenvalue weighted by atomic mass is 9.92. The van der Waals surface area contributed by atoms with Gasteiger partial charge in [-0.05, 0) is 51.2 Å². The molecule has 1 fully saturated rings. The predicted octanol–water partition coefficient (Wildman–Crippen LogP) is 1.81. The molecule has 1 aliphatic rings. The van der Waals surface area contributed by atoms with Gasteiger partial charge >= 0.3 is 0 Å². The van der Waals surface area contributed by atoms with E-state index in [4.69, 9.17) is 10.5 Å². The number of rotatable bonds is 7. The van der Waals surface area contributed by atoms with Crippen LogP contribution in [0.1, 0.15) is 26.2 Å². The summed E-state index contributed by atoms with van der Waals surface area (Å²) in [4.78, 5) is 2.47. The van der Waals surface area contributed by atoms with Crippen molar-refractivity contribution in [3.8, 4) is 0 Å². The Balaban J connectivity index is 2.46. The molecule has 1 aliphatic heterocycles. The maximum atomic E-state index is 5.97. The second-order valence-corrected chi connectivity index (χ2v) is 6.06. The Kier molecular flexibility index (Phi) is 7.51. The molecule has 0 spiro atoms. The fourth-order valence-corrected chi connectivity index (χ4v) is 3.16. The first-order valence-corrected chi connectivity index (χ1v) is 8.08. The van der Waals surface area contributed by atoms with Crippen LogP contribution in [0.3, 0.4) is 0 Å². The van der Waals surface area contributed by atoms with E-state index < -0.39 is 0 Å². The van der Waals surface area contributed by atoms with Gasteiger partial charge in [-0.3, -0.25) is 4.90 Å². The molecule has 0 aliphatic carbocycles. The van der Waals surface area contributed by atoms with Crippen LogP contribution in [0.4, 0.5) is 0 Å². The Morgan fingerprint density at radius 1 is 1.53 bits per heavy atom. The molecule has 3 atom stereocenters. The number of nitrogens with zero attached hydrogens (tertiary/aromatic N) is 1. The molecular formula is C13H28N2OS. The first-order chi connectivity index (χ1) is 8.20. The molecule has 2 N–H and O–H groups in total. The minimum atomic E-state index is 0.479. The second-order valence-electron chi connectivity index (χ2n) is 5.08. The van der Waals surface area contributed by atoms with Gasteiger partial charge in [0.25, 0.3) is 0 Å². The molecule has 102 valence electrons. The molecule has 1 heterocycles. The molecule has 3 nitrogen and oxygen atoms in total. The van der Waals surface area contributed by atoms with E-state index in [1.165, 1.54) is 25.0 Å². The van der Waals surface area contributed by atoms with E-state index in [9.17, 15) is 0 Å². The number of thioether (sulfide) groups is 1. The van der Waals surface area contributed by atoms with Gasteiger partial charge in [-0.25, -0.2) is 0 Å². The predicted molar refractivity (Wildman–Crippen MR) is 76.6 cm³/mol. The second kappa shape index (κ2) is 8.35. The standard InChI is InChI=1S/C13H28N2OS/c1-11(6-8-17-3)15(2)13(9-14)12-5-4-7-16-10-12/h11-13H,4-10,14H2,1-3H3. The van der Waals surface area contributed by atoms with Crippen LogP contribution < -0.4 is 5.73 Å². The summed E-state index contributed by atoms with van der Waals surface area (Å²) in [5, 5.41) is 0. The van der Waals surface area contributed by atoms with Gasteiger partial charge < -0.3 is 10.5 Å². The Morgan fingerprint density at radius 3 is 2.82 bits per heavy atom. The largest absolute Gasteiger partial charge is 0.381 e. The Hall–Kier alpha value is 0.230. The molecule has 0 radical (unpaired) electrons. The number of hydrogen-bond acceptors (Lipinski definition) is 4. The molecule has 0 aromatic carbocycles. The lowest BCUT2D eigenvalue weighted by Gasteiger charge is -2.39. The lowest BCUT2D eigenvalue weighted by Crippen LogP contribution is -2.49. The van der Waals surface area contributed by atoms with Crippen LogP contribution in [0, 0.1) is 5.92 Å². The van der Waals surface area contributed by atoms with E-state index in [2.05, 4.69) is 25.1 Å². The summed E-state index contributed by atoms with van der Waals surface area (Å²) in [6.45, 7) is 4.87. The Morgan fingerprint density at radius 2 is 2.29 bits per heavy atom. The summed E-state index contributed by atoms with van der Waals surface area (Å²) in [5.41, 5.74) is 5.97. The minimum absolute atomic E-state index is 0.479. The van der Waals surface area contributed by atoms with Crippen molar-refractivity contribution in [2.45, 2.75) is 38.3 Å². The van der Waals surface area contributed by atoms with E-state index in [0.29, 0.717) is 18.0 Å². The maximum absolute atomic E-state index is 5.97. The third-order valence-corrected chi connectivity index (χ3v) is 4.58. The van der Waals surface area contributed by atoms with Gasteiger partial charge in [0.05, 0.1) is 6.61 Å². The highest BCUT2D eigenvalue weighted by atomic mass is 32.2. The topological polar surface area (TPSA) is 38.5 Å². The summed E-state index contributed by atoms with van der Waals surface area (Å²) in [6.07, 6.45) is 5.86. The number of ether oxygens (including phenoxy) is 1. The SMILES string of the molecule is CSCCC(C)N(C)C(CN)C1CCCOC1. The molecule has 1 rings (SSSR count). The smallest absolute Gasteiger partial charge is 0.0509 e. The quantitative estimate of drug-likeness (QED) is 0.758. The van der Waals surface area contributed by atoms with Gasteiger partial charge in [-0.2, -0.15) is 11.8 Å². The van der Waals surface area contributed by atoms with E-state index in [-0.39, 0.29) is 0 Å². The molecule has 1 saturated heterocycles. The van der Waals surface area contributed by atoms with Gasteiger partial charge in [0.2, 0.25) is 0 Å². The number of likely N-dealkylation sites (N-methyl/N-ethyl adjacent to an activating group) is 1. The van der Waals surface area contributed by atoms with Crippen molar-refractivity contribution < 1.29 is 4.74 Å². The zero-order valence-electron chi connectivity index (χ0n) is 11.5. The zero-order chi connectivity index (χ0) is 12.7. The average Bonchev–Trinajstić information content (AvgIpc) is 2.38. The summed E-state index contributed by atoms with van der Waals surface area (Å²) in [7, 11) is 2.22. The molecule has 0 amide bonds.